The Bertz CT molecular complexity index is 420. The summed E-state index contributed by atoms with van der Waals surface area (Å²) in [5.41, 5.74) is -4.42. The summed E-state index contributed by atoms with van der Waals surface area (Å²) in [6, 6.07) is 0. The fourth-order valence-electron chi connectivity index (χ4n) is 1.00. The van der Waals surface area contributed by atoms with Gasteiger partial charge in [0.15, 0.2) is 29.6 Å². The van der Waals surface area contributed by atoms with Gasteiger partial charge in [0, 0.05) is 0 Å². The van der Waals surface area contributed by atoms with E-state index in [4.69, 9.17) is 0 Å². The molecule has 0 saturated carbocycles. The number of aldehydes is 1. The minimum absolute atomic E-state index is 0.614. The van der Waals surface area contributed by atoms with E-state index in [-0.39, 0.29) is 0 Å². The monoisotopic (exact) mass is 246 g/mol. The molecule has 0 aromatic heterocycles. The Morgan fingerprint density at radius 1 is 0.812 bits per heavy atom. The molecule has 1 nitrogen and oxygen atoms in total. The van der Waals surface area contributed by atoms with Gasteiger partial charge in [-0.25, -0.2) is 17.6 Å². The molecule has 0 aliphatic heterocycles. The lowest BCUT2D eigenvalue weighted by molar-refractivity contribution is -0.143. The topological polar surface area (TPSA) is 17.1 Å². The fourth-order valence-corrected chi connectivity index (χ4v) is 1.00. The van der Waals surface area contributed by atoms with Crippen LogP contribution in [0.1, 0.15) is 15.9 Å². The summed E-state index contributed by atoms with van der Waals surface area (Å²) in [4.78, 5) is 10.0. The largest absolute Gasteiger partial charge is 0.422 e. The van der Waals surface area contributed by atoms with Gasteiger partial charge in [-0.2, -0.15) is 13.2 Å². The molecule has 16 heavy (non-hydrogen) atoms. The molecule has 0 amide bonds. The highest BCUT2D eigenvalue weighted by molar-refractivity contribution is 5.76. The Morgan fingerprint density at radius 2 is 1.19 bits per heavy atom. The highest BCUT2D eigenvalue weighted by Crippen LogP contribution is 2.36. The van der Waals surface area contributed by atoms with Crippen LogP contribution < -0.4 is 0 Å². The van der Waals surface area contributed by atoms with Crippen molar-refractivity contribution >= 4 is 6.29 Å². The first-order valence-corrected chi connectivity index (χ1v) is 3.60. The summed E-state index contributed by atoms with van der Waals surface area (Å²) in [6.07, 6.45) is -6.21. The van der Waals surface area contributed by atoms with Crippen molar-refractivity contribution in [3.63, 3.8) is 0 Å². The van der Waals surface area contributed by atoms with Gasteiger partial charge in [0.1, 0.15) is 5.56 Å². The lowest BCUT2D eigenvalue weighted by Crippen LogP contribution is -2.16. The summed E-state index contributed by atoms with van der Waals surface area (Å²) < 4.78 is 86.9. The first kappa shape index (κ1) is 12.5. The van der Waals surface area contributed by atoms with Gasteiger partial charge in [-0.3, -0.25) is 4.79 Å². The quantitative estimate of drug-likeness (QED) is 0.422. The van der Waals surface area contributed by atoms with E-state index >= 15 is 0 Å². The Kier molecular flexibility index (Phi) is 2.93. The number of hydrogen-bond acceptors (Lipinski definition) is 1. The van der Waals surface area contributed by atoms with Gasteiger partial charge in [0.2, 0.25) is 0 Å². The Morgan fingerprint density at radius 3 is 1.44 bits per heavy atom. The van der Waals surface area contributed by atoms with Crippen molar-refractivity contribution in [2.24, 2.45) is 0 Å². The molecule has 1 aromatic rings. The lowest BCUT2D eigenvalue weighted by Gasteiger charge is -2.11. The smallest absolute Gasteiger partial charge is 0.298 e. The molecule has 88 valence electrons. The van der Waals surface area contributed by atoms with E-state index in [9.17, 15) is 35.5 Å². The van der Waals surface area contributed by atoms with Gasteiger partial charge < -0.3 is 0 Å². The van der Waals surface area contributed by atoms with Crippen molar-refractivity contribution < 1.29 is 35.5 Å². The maximum atomic E-state index is 12.7. The molecule has 0 unspecified atom stereocenters. The molecule has 0 radical (unpaired) electrons. The van der Waals surface area contributed by atoms with Crippen LogP contribution in [-0.2, 0) is 6.18 Å². The van der Waals surface area contributed by atoms with Gasteiger partial charge in [0.05, 0.1) is 5.56 Å². The van der Waals surface area contributed by atoms with E-state index in [2.05, 4.69) is 0 Å². The second-order valence-corrected chi connectivity index (χ2v) is 2.66. The maximum Gasteiger partial charge on any atom is 0.422 e. The van der Waals surface area contributed by atoms with Crippen LogP contribution in [0.25, 0.3) is 0 Å². The number of rotatable bonds is 1. The zero-order valence-electron chi connectivity index (χ0n) is 7.13. The fraction of sp³-hybridized carbons (Fsp3) is 0.125. The average molecular weight is 246 g/mol. The third kappa shape index (κ3) is 1.74. The minimum atomic E-state index is -5.60. The van der Waals surface area contributed by atoms with Crippen LogP contribution in [0.4, 0.5) is 30.7 Å². The Labute approximate surface area is 83.5 Å². The second-order valence-electron chi connectivity index (χ2n) is 2.66. The minimum Gasteiger partial charge on any atom is -0.298 e. The van der Waals surface area contributed by atoms with Gasteiger partial charge in [-0.15, -0.1) is 0 Å². The predicted molar refractivity (Wildman–Crippen MR) is 36.7 cm³/mol. The predicted octanol–water partition coefficient (Wildman–Crippen LogP) is 3.07. The molecule has 0 aliphatic rings. The first-order valence-electron chi connectivity index (χ1n) is 3.60. The molecular formula is C8HF7O. The molecule has 0 fully saturated rings. The zero-order chi connectivity index (χ0) is 12.7. The van der Waals surface area contributed by atoms with Crippen LogP contribution in [0.3, 0.4) is 0 Å². The van der Waals surface area contributed by atoms with E-state index in [0.29, 0.717) is 0 Å². The number of alkyl halides is 3. The van der Waals surface area contributed by atoms with Crippen LogP contribution in [0.15, 0.2) is 0 Å². The van der Waals surface area contributed by atoms with Crippen LogP contribution in [-0.4, -0.2) is 6.29 Å². The summed E-state index contributed by atoms with van der Waals surface area (Å²) in [7, 11) is 0. The van der Waals surface area contributed by atoms with Crippen LogP contribution in [0.2, 0.25) is 0 Å². The highest BCUT2D eigenvalue weighted by atomic mass is 19.4. The van der Waals surface area contributed by atoms with E-state index in [0.717, 1.165) is 0 Å². The number of benzene rings is 1. The van der Waals surface area contributed by atoms with E-state index in [1.54, 1.807) is 0 Å². The highest BCUT2D eigenvalue weighted by Gasteiger charge is 2.42. The van der Waals surface area contributed by atoms with Crippen LogP contribution in [0.5, 0.6) is 0 Å². The normalized spacial score (nSPS) is 11.7. The molecule has 0 saturated heterocycles. The van der Waals surface area contributed by atoms with Crippen molar-refractivity contribution in [1.82, 2.24) is 0 Å². The SMILES string of the molecule is O=Cc1c(F)c(F)c(C(F)(F)F)c(F)c1F. The first-order chi connectivity index (χ1) is 7.21. The summed E-state index contributed by atoms with van der Waals surface area (Å²) in [6.45, 7) is 0. The zero-order valence-corrected chi connectivity index (χ0v) is 7.13. The van der Waals surface area contributed by atoms with Gasteiger partial charge in [-0.05, 0) is 0 Å². The van der Waals surface area contributed by atoms with E-state index in [1.165, 1.54) is 0 Å². The number of carbonyl (C=O) groups excluding carboxylic acids is 1. The Balaban J connectivity index is 3.74. The third-order valence-electron chi connectivity index (χ3n) is 1.70. The summed E-state index contributed by atoms with van der Waals surface area (Å²) in [5.74, 6) is -10.0. The molecule has 0 atom stereocenters. The molecule has 0 spiro atoms. The molecule has 0 bridgehead atoms. The molecule has 8 heteroatoms. The molecule has 0 N–H and O–H groups in total. The van der Waals surface area contributed by atoms with Gasteiger partial charge >= 0.3 is 6.18 Å². The van der Waals surface area contributed by atoms with Gasteiger partial charge in [-0.1, -0.05) is 0 Å². The van der Waals surface area contributed by atoms with Crippen LogP contribution in [0, 0.1) is 23.3 Å². The average Bonchev–Trinajstić information content (AvgIpc) is 2.14. The lowest BCUT2D eigenvalue weighted by atomic mass is 10.1. The summed E-state index contributed by atoms with van der Waals surface area (Å²) >= 11 is 0. The molecule has 1 rings (SSSR count). The number of carbonyl (C=O) groups is 1. The third-order valence-corrected chi connectivity index (χ3v) is 1.70. The van der Waals surface area contributed by atoms with Crippen molar-refractivity contribution in [2.75, 3.05) is 0 Å². The van der Waals surface area contributed by atoms with E-state index in [1.807, 2.05) is 0 Å². The molecule has 1 aromatic carbocycles. The van der Waals surface area contributed by atoms with Crippen LogP contribution >= 0.6 is 0 Å². The number of hydrogen-bond donors (Lipinski definition) is 0. The van der Waals surface area contributed by atoms with Crippen molar-refractivity contribution in [1.29, 1.82) is 0 Å². The Hall–Kier alpha value is -1.60. The second kappa shape index (κ2) is 3.76. The van der Waals surface area contributed by atoms with E-state index < -0.39 is 46.9 Å². The van der Waals surface area contributed by atoms with Gasteiger partial charge in [0.25, 0.3) is 0 Å². The molecular weight excluding hydrogens is 245 g/mol. The summed E-state index contributed by atoms with van der Waals surface area (Å²) in [5, 5.41) is 0. The molecule has 0 heterocycles. The maximum absolute atomic E-state index is 12.7. The van der Waals surface area contributed by atoms with Crippen molar-refractivity contribution in [3.8, 4) is 0 Å². The number of halogens is 7. The van der Waals surface area contributed by atoms with Crippen molar-refractivity contribution in [2.45, 2.75) is 6.18 Å². The molecule has 0 aliphatic carbocycles. The van der Waals surface area contributed by atoms with Crippen molar-refractivity contribution in [3.05, 3.63) is 34.4 Å². The standard InChI is InChI=1S/C8HF7O/c9-4-2(1-16)5(10)7(12)3(6(4)11)8(13,14)15/h1H.